The van der Waals surface area contributed by atoms with Gasteiger partial charge in [0.15, 0.2) is 0 Å². The minimum atomic E-state index is -0.568. The first kappa shape index (κ1) is 29.4. The smallest absolute Gasteiger partial charge is 0.322 e. The number of carbonyl (C=O) groups is 1. The number of unbranched alkanes of at least 4 members (excludes halogenated alkanes) is 13. The lowest BCUT2D eigenvalue weighted by Crippen LogP contribution is -2.26. The van der Waals surface area contributed by atoms with Gasteiger partial charge in [-0.2, -0.15) is 12.6 Å². The minimum Gasteiger partial charge on any atom is -0.494 e. The molecule has 0 aliphatic heterocycles. The van der Waals surface area contributed by atoms with Crippen LogP contribution in [0.1, 0.15) is 109 Å². The maximum Gasteiger partial charge on any atom is 0.322 e. The van der Waals surface area contributed by atoms with Gasteiger partial charge in [0.1, 0.15) is 10.1 Å². The number of thiol groups is 1. The van der Waals surface area contributed by atoms with Crippen molar-refractivity contribution in [3.63, 3.8) is 0 Å². The first-order chi connectivity index (χ1) is 15.4. The number of rotatable bonds is 20. The van der Waals surface area contributed by atoms with Crippen molar-refractivity contribution >= 4 is 34.5 Å². The van der Waals surface area contributed by atoms with E-state index in [-0.39, 0.29) is 5.97 Å². The second-order valence-corrected chi connectivity index (χ2v) is 11.5. The van der Waals surface area contributed by atoms with Gasteiger partial charge in [-0.1, -0.05) is 105 Å². The van der Waals surface area contributed by atoms with Gasteiger partial charge in [-0.05, 0) is 44.4 Å². The molecule has 0 atom stereocenters. The molecule has 0 bridgehead atoms. The zero-order valence-corrected chi connectivity index (χ0v) is 22.9. The average molecular weight is 530 g/mol. The fraction of sp³-hybridized carbons (Fsp3) is 0.741. The normalized spacial score (nSPS) is 11.5. The summed E-state index contributed by atoms with van der Waals surface area (Å²) in [6.07, 6.45) is 18.0. The Hall–Kier alpha value is -0.680. The second kappa shape index (κ2) is 18.7. The molecule has 0 radical (unpaired) electrons. The molecule has 5 heteroatoms. The fourth-order valence-electron chi connectivity index (χ4n) is 3.59. The van der Waals surface area contributed by atoms with Crippen molar-refractivity contribution in [2.24, 2.45) is 0 Å². The molecule has 0 N–H and O–H groups in total. The van der Waals surface area contributed by atoms with Gasteiger partial charge in [-0.3, -0.25) is 4.79 Å². The maximum atomic E-state index is 11.6. The van der Waals surface area contributed by atoms with Crippen molar-refractivity contribution in [3.05, 3.63) is 29.8 Å². The summed E-state index contributed by atoms with van der Waals surface area (Å²) in [4.78, 5) is 11.6. The van der Waals surface area contributed by atoms with Gasteiger partial charge in [0.25, 0.3) is 0 Å². The van der Waals surface area contributed by atoms with Crippen molar-refractivity contribution in [2.45, 2.75) is 114 Å². The number of alkyl halides is 1. The predicted octanol–water partition coefficient (Wildman–Crippen LogP) is 8.67. The topological polar surface area (TPSA) is 35.5 Å². The van der Waals surface area contributed by atoms with Crippen molar-refractivity contribution in [3.8, 4) is 5.75 Å². The number of ether oxygens (including phenoxy) is 2. The van der Waals surface area contributed by atoms with Crippen LogP contribution in [0.25, 0.3) is 0 Å². The largest absolute Gasteiger partial charge is 0.494 e. The van der Waals surface area contributed by atoms with E-state index in [0.29, 0.717) is 6.61 Å². The lowest BCUT2D eigenvalue weighted by atomic mass is 10.0. The summed E-state index contributed by atoms with van der Waals surface area (Å²) in [5.74, 6) is 1.56. The van der Waals surface area contributed by atoms with Gasteiger partial charge in [0, 0.05) is 5.75 Å². The quantitative estimate of drug-likeness (QED) is 0.0794. The molecule has 0 saturated carbocycles. The highest BCUT2D eigenvalue weighted by Gasteiger charge is 2.24. The predicted molar refractivity (Wildman–Crippen MR) is 143 cm³/mol. The molecule has 0 heterocycles. The molecule has 184 valence electrons. The third-order valence-electron chi connectivity index (χ3n) is 5.61. The first-order valence-electron chi connectivity index (χ1n) is 12.6. The molecule has 0 spiro atoms. The Bertz CT molecular complexity index is 601. The lowest BCUT2D eigenvalue weighted by Gasteiger charge is -2.14. The van der Waals surface area contributed by atoms with E-state index in [4.69, 9.17) is 9.47 Å². The van der Waals surface area contributed by atoms with E-state index >= 15 is 0 Å². The number of hydrogen-bond donors (Lipinski definition) is 1. The number of esters is 1. The molecule has 0 amide bonds. The van der Waals surface area contributed by atoms with E-state index in [2.05, 4.69) is 40.7 Å². The summed E-state index contributed by atoms with van der Waals surface area (Å²) in [6.45, 7) is 5.00. The summed E-state index contributed by atoms with van der Waals surface area (Å²) >= 11 is 7.63. The van der Waals surface area contributed by atoms with Crippen LogP contribution >= 0.6 is 28.6 Å². The molecule has 3 nitrogen and oxygen atoms in total. The molecule has 0 aliphatic carbocycles. The number of carbonyl (C=O) groups excluding carboxylic acids is 1. The highest BCUT2D eigenvalue weighted by atomic mass is 79.9. The van der Waals surface area contributed by atoms with Crippen molar-refractivity contribution in [1.29, 1.82) is 0 Å². The van der Waals surface area contributed by atoms with E-state index < -0.39 is 4.32 Å². The molecule has 1 aromatic rings. The number of benzene rings is 1. The van der Waals surface area contributed by atoms with Crippen LogP contribution in [0.5, 0.6) is 5.75 Å². The first-order valence-corrected chi connectivity index (χ1v) is 14.0. The Morgan fingerprint density at radius 2 is 1.28 bits per heavy atom. The standard InChI is InChI=1S/C27H45BrO3S/c1-27(2,28)26(29)31-21-16-14-12-10-8-6-4-3-5-7-9-11-13-15-20-30-25-19-17-18-24(22-25)23-32/h17-19,22,32H,3-16,20-21,23H2,1-2H3. The van der Waals surface area contributed by atoms with Crippen LogP contribution in [0.2, 0.25) is 0 Å². The van der Waals surface area contributed by atoms with E-state index in [9.17, 15) is 4.79 Å². The minimum absolute atomic E-state index is 0.169. The Balaban J connectivity index is 1.77. The molecule has 0 aromatic heterocycles. The highest BCUT2D eigenvalue weighted by molar-refractivity contribution is 9.10. The molecular weight excluding hydrogens is 484 g/mol. The van der Waals surface area contributed by atoms with Crippen LogP contribution in [0.15, 0.2) is 24.3 Å². The molecule has 1 rings (SSSR count). The zero-order valence-electron chi connectivity index (χ0n) is 20.4. The SMILES string of the molecule is CC(C)(Br)C(=O)OCCCCCCCCCCCCCCCCOc1cccc(CS)c1. The lowest BCUT2D eigenvalue weighted by molar-refractivity contribution is -0.145. The van der Waals surface area contributed by atoms with Crippen LogP contribution < -0.4 is 4.74 Å². The summed E-state index contributed by atoms with van der Waals surface area (Å²) in [5, 5.41) is 0. The van der Waals surface area contributed by atoms with E-state index in [1.807, 2.05) is 26.0 Å². The third-order valence-corrected chi connectivity index (χ3v) is 6.30. The third kappa shape index (κ3) is 16.0. The van der Waals surface area contributed by atoms with E-state index in [0.717, 1.165) is 37.4 Å². The molecule has 0 fully saturated rings. The van der Waals surface area contributed by atoms with Crippen molar-refractivity contribution in [2.75, 3.05) is 13.2 Å². The highest BCUT2D eigenvalue weighted by Crippen LogP contribution is 2.18. The Labute approximate surface area is 211 Å². The summed E-state index contributed by atoms with van der Waals surface area (Å²) < 4.78 is 10.5. The van der Waals surface area contributed by atoms with Crippen LogP contribution in [-0.4, -0.2) is 23.5 Å². The molecule has 32 heavy (non-hydrogen) atoms. The van der Waals surface area contributed by atoms with Crippen molar-refractivity contribution in [1.82, 2.24) is 0 Å². The number of hydrogen-bond acceptors (Lipinski definition) is 4. The molecule has 1 aromatic carbocycles. The van der Waals surface area contributed by atoms with Gasteiger partial charge in [0.2, 0.25) is 0 Å². The van der Waals surface area contributed by atoms with Crippen LogP contribution in [0, 0.1) is 0 Å². The fourth-order valence-corrected chi connectivity index (χ4v) is 3.90. The van der Waals surface area contributed by atoms with Crippen LogP contribution in [0.4, 0.5) is 0 Å². The Morgan fingerprint density at radius 3 is 1.75 bits per heavy atom. The Morgan fingerprint density at radius 1 is 0.812 bits per heavy atom. The molecular formula is C27H45BrO3S. The van der Waals surface area contributed by atoms with Gasteiger partial charge >= 0.3 is 5.97 Å². The second-order valence-electron chi connectivity index (χ2n) is 9.21. The Kier molecular flexibility index (Phi) is 17.2. The molecule has 0 saturated heterocycles. The van der Waals surface area contributed by atoms with Gasteiger partial charge in [0.05, 0.1) is 13.2 Å². The van der Waals surface area contributed by atoms with Crippen LogP contribution in [0.3, 0.4) is 0 Å². The van der Waals surface area contributed by atoms with Crippen molar-refractivity contribution < 1.29 is 14.3 Å². The zero-order chi connectivity index (χ0) is 23.5. The van der Waals surface area contributed by atoms with E-state index in [1.54, 1.807) is 0 Å². The van der Waals surface area contributed by atoms with Gasteiger partial charge in [-0.25, -0.2) is 0 Å². The van der Waals surface area contributed by atoms with Crippen LogP contribution in [-0.2, 0) is 15.3 Å². The summed E-state index contributed by atoms with van der Waals surface area (Å²) in [6, 6.07) is 8.23. The molecule has 0 aliphatic rings. The van der Waals surface area contributed by atoms with Gasteiger partial charge in [-0.15, -0.1) is 0 Å². The van der Waals surface area contributed by atoms with E-state index in [1.165, 1.54) is 76.2 Å². The maximum absolute atomic E-state index is 11.6. The monoisotopic (exact) mass is 528 g/mol. The summed E-state index contributed by atoms with van der Waals surface area (Å²) in [7, 11) is 0. The number of halogens is 1. The average Bonchev–Trinajstić information content (AvgIpc) is 2.77. The summed E-state index contributed by atoms with van der Waals surface area (Å²) in [5.41, 5.74) is 1.21. The van der Waals surface area contributed by atoms with Gasteiger partial charge < -0.3 is 9.47 Å². The molecule has 0 unspecified atom stereocenters.